The Morgan fingerprint density at radius 1 is 0.970 bits per heavy atom. The van der Waals surface area contributed by atoms with Crippen molar-refractivity contribution in [2.24, 2.45) is 11.8 Å². The van der Waals surface area contributed by atoms with Crippen LogP contribution in [0.1, 0.15) is 24.9 Å². The second-order valence-electron chi connectivity index (χ2n) is 8.42. The first-order valence-corrected chi connectivity index (χ1v) is 11.4. The Morgan fingerprint density at radius 2 is 1.67 bits per heavy atom. The number of imide groups is 1. The van der Waals surface area contributed by atoms with Gasteiger partial charge in [-0.25, -0.2) is 28.8 Å². The first-order chi connectivity index (χ1) is 15.8. The number of carbonyl (C=O) groups is 2. The van der Waals surface area contributed by atoms with Crippen LogP contribution in [0.15, 0.2) is 80.3 Å². The number of aromatic amines is 1. The van der Waals surface area contributed by atoms with Crippen LogP contribution in [0.4, 0.5) is 5.69 Å². The lowest BCUT2D eigenvalue weighted by atomic mass is 9.80. The highest BCUT2D eigenvalue weighted by Gasteiger charge is 2.50. The van der Waals surface area contributed by atoms with E-state index in [-0.39, 0.29) is 24.8 Å². The van der Waals surface area contributed by atoms with Crippen LogP contribution >= 0.6 is 15.9 Å². The Hall–Kier alpha value is -3.46. The Labute approximate surface area is 197 Å². The maximum absolute atomic E-state index is 13.2. The highest BCUT2D eigenvalue weighted by molar-refractivity contribution is 9.10. The van der Waals surface area contributed by atoms with E-state index in [4.69, 9.17) is 0 Å². The Morgan fingerprint density at radius 3 is 2.36 bits per heavy atom. The molecule has 1 N–H and O–H groups in total. The second kappa shape index (κ2) is 8.15. The fourth-order valence-electron chi connectivity index (χ4n) is 4.70. The molecule has 2 heterocycles. The Bertz CT molecular complexity index is 1380. The molecule has 2 amide bonds. The summed E-state index contributed by atoms with van der Waals surface area (Å²) < 4.78 is 3.28. The summed E-state index contributed by atoms with van der Waals surface area (Å²) in [6.45, 7) is 1.97. The molecule has 5 rings (SSSR count). The minimum Gasteiger partial charge on any atom is -0.274 e. The number of benzene rings is 2. The van der Waals surface area contributed by atoms with Gasteiger partial charge in [-0.05, 0) is 43.2 Å². The molecule has 168 valence electrons. The van der Waals surface area contributed by atoms with Crippen LogP contribution in [0.2, 0.25) is 0 Å². The highest BCUT2D eigenvalue weighted by atomic mass is 79.9. The predicted molar refractivity (Wildman–Crippen MR) is 126 cm³/mol. The van der Waals surface area contributed by atoms with Gasteiger partial charge in [-0.2, -0.15) is 0 Å². The molecule has 3 unspecified atom stereocenters. The van der Waals surface area contributed by atoms with E-state index in [1.54, 1.807) is 30.3 Å². The van der Waals surface area contributed by atoms with Crippen LogP contribution in [-0.4, -0.2) is 26.2 Å². The van der Waals surface area contributed by atoms with Crippen molar-refractivity contribution in [2.45, 2.75) is 25.9 Å². The minimum absolute atomic E-state index is 0.151. The molecule has 3 atom stereocenters. The zero-order valence-electron chi connectivity index (χ0n) is 17.8. The predicted octanol–water partition coefficient (Wildman–Crippen LogP) is 2.85. The van der Waals surface area contributed by atoms with Gasteiger partial charge < -0.3 is 0 Å². The van der Waals surface area contributed by atoms with Gasteiger partial charge in [0, 0.05) is 4.47 Å². The first-order valence-electron chi connectivity index (χ1n) is 10.6. The molecule has 3 aromatic rings. The van der Waals surface area contributed by atoms with E-state index < -0.39 is 29.3 Å². The third-order valence-electron chi connectivity index (χ3n) is 6.40. The van der Waals surface area contributed by atoms with Crippen molar-refractivity contribution in [2.75, 3.05) is 4.90 Å². The van der Waals surface area contributed by atoms with E-state index in [1.807, 2.05) is 37.3 Å². The van der Waals surface area contributed by atoms with Gasteiger partial charge in [-0.3, -0.25) is 9.59 Å². The number of H-pyrrole nitrogens is 1. The largest absolute Gasteiger partial charge is 0.347 e. The third-order valence-corrected chi connectivity index (χ3v) is 6.93. The zero-order chi connectivity index (χ0) is 23.3. The van der Waals surface area contributed by atoms with Crippen molar-refractivity contribution in [1.29, 1.82) is 0 Å². The fourth-order valence-corrected chi connectivity index (χ4v) is 4.97. The van der Waals surface area contributed by atoms with E-state index in [0.29, 0.717) is 5.69 Å². The number of nitrogens with one attached hydrogen (secondary N) is 1. The van der Waals surface area contributed by atoms with Crippen molar-refractivity contribution in [3.05, 3.63) is 97.3 Å². The highest BCUT2D eigenvalue weighted by Crippen LogP contribution is 2.42. The molecule has 9 heteroatoms. The van der Waals surface area contributed by atoms with Gasteiger partial charge >= 0.3 is 11.4 Å². The van der Waals surface area contributed by atoms with E-state index in [1.165, 1.54) is 9.58 Å². The number of rotatable bonds is 4. The topological polar surface area (TPSA) is 97.2 Å². The monoisotopic (exact) mass is 508 g/mol. The first kappa shape index (κ1) is 21.4. The number of hydrogen-bond donors (Lipinski definition) is 1. The van der Waals surface area contributed by atoms with Gasteiger partial charge in [0.1, 0.15) is 0 Å². The third kappa shape index (κ3) is 3.62. The molecule has 1 saturated heterocycles. The number of aromatic nitrogens is 3. The molecule has 0 spiro atoms. The van der Waals surface area contributed by atoms with Crippen LogP contribution in [0.5, 0.6) is 0 Å². The van der Waals surface area contributed by atoms with Crippen LogP contribution in [0, 0.1) is 11.8 Å². The molecule has 0 radical (unpaired) electrons. The maximum Gasteiger partial charge on any atom is 0.347 e. The molecular formula is C24H21BrN4O4. The zero-order valence-corrected chi connectivity index (χ0v) is 19.4. The van der Waals surface area contributed by atoms with Gasteiger partial charge in [0.05, 0.1) is 30.1 Å². The van der Waals surface area contributed by atoms with E-state index in [9.17, 15) is 19.2 Å². The van der Waals surface area contributed by atoms with Crippen molar-refractivity contribution < 1.29 is 9.59 Å². The van der Waals surface area contributed by atoms with Crippen molar-refractivity contribution in [1.82, 2.24) is 14.3 Å². The lowest BCUT2D eigenvalue weighted by Crippen LogP contribution is -2.35. The molecule has 8 nitrogen and oxygen atoms in total. The van der Waals surface area contributed by atoms with Crippen LogP contribution in [0.25, 0.3) is 0 Å². The molecule has 0 bridgehead atoms. The standard InChI is InChI=1S/C24H21BrN4O4/c1-14-11-18-19(22(31)28(21(18)30)17-9-7-16(25)8-10-17)12-20(14)29-24(33)27(23(32)26-29)13-15-5-3-2-4-6-15/h2-11,18-20H,12-13H2,1H3,(H,26,32). The van der Waals surface area contributed by atoms with Crippen molar-refractivity contribution in [3.8, 4) is 0 Å². The number of halogens is 1. The Kier molecular flexibility index (Phi) is 5.28. The minimum atomic E-state index is -0.595. The Balaban J connectivity index is 1.46. The molecule has 2 aromatic carbocycles. The summed E-state index contributed by atoms with van der Waals surface area (Å²) in [7, 11) is 0. The van der Waals surface area contributed by atoms with Crippen LogP contribution in [-0.2, 0) is 16.1 Å². The van der Waals surface area contributed by atoms with E-state index >= 15 is 0 Å². The molecule has 33 heavy (non-hydrogen) atoms. The van der Waals surface area contributed by atoms with Crippen LogP contribution in [0.3, 0.4) is 0 Å². The van der Waals surface area contributed by atoms with Crippen LogP contribution < -0.4 is 16.3 Å². The summed E-state index contributed by atoms with van der Waals surface area (Å²) in [4.78, 5) is 53.2. The van der Waals surface area contributed by atoms with Crippen molar-refractivity contribution in [3.63, 3.8) is 0 Å². The number of fused-ring (bicyclic) bond motifs is 1. The second-order valence-corrected chi connectivity index (χ2v) is 9.34. The van der Waals surface area contributed by atoms with Gasteiger partial charge in [0.15, 0.2) is 0 Å². The van der Waals surface area contributed by atoms with Gasteiger partial charge in [0.25, 0.3) is 0 Å². The number of amides is 2. The fraction of sp³-hybridized carbons (Fsp3) is 0.250. The molecule has 0 saturated carbocycles. The maximum atomic E-state index is 13.2. The number of hydrogen-bond acceptors (Lipinski definition) is 4. The van der Waals surface area contributed by atoms with Gasteiger partial charge in [0.2, 0.25) is 11.8 Å². The number of anilines is 1. The summed E-state index contributed by atoms with van der Waals surface area (Å²) in [6.07, 6.45) is 2.02. The molecular weight excluding hydrogens is 488 g/mol. The number of carbonyl (C=O) groups excluding carboxylic acids is 2. The normalized spacial score (nSPS) is 22.4. The summed E-state index contributed by atoms with van der Waals surface area (Å²) in [5.74, 6) is -1.73. The molecule has 2 aliphatic rings. The van der Waals surface area contributed by atoms with Gasteiger partial charge in [-0.1, -0.05) is 57.9 Å². The summed E-state index contributed by atoms with van der Waals surface area (Å²) in [5.41, 5.74) is 1.14. The average molecular weight is 509 g/mol. The summed E-state index contributed by atoms with van der Waals surface area (Å²) in [5, 5.41) is 2.64. The lowest BCUT2D eigenvalue weighted by molar-refractivity contribution is -0.122. The quantitative estimate of drug-likeness (QED) is 0.432. The lowest BCUT2D eigenvalue weighted by Gasteiger charge is -2.27. The van der Waals surface area contributed by atoms with Crippen molar-refractivity contribution >= 4 is 33.4 Å². The molecule has 1 aromatic heterocycles. The van der Waals surface area contributed by atoms with E-state index in [0.717, 1.165) is 20.2 Å². The number of allylic oxidation sites excluding steroid dienone is 1. The number of nitrogens with zero attached hydrogens (tertiary/aromatic N) is 3. The summed E-state index contributed by atoms with van der Waals surface area (Å²) >= 11 is 3.36. The smallest absolute Gasteiger partial charge is 0.274 e. The van der Waals surface area contributed by atoms with E-state index in [2.05, 4.69) is 21.0 Å². The summed E-state index contributed by atoms with van der Waals surface area (Å²) in [6, 6.07) is 15.7. The molecule has 1 aliphatic carbocycles. The molecule has 1 fully saturated rings. The van der Waals surface area contributed by atoms with Gasteiger partial charge in [-0.15, -0.1) is 0 Å². The molecule has 1 aliphatic heterocycles. The average Bonchev–Trinajstić information content (AvgIpc) is 3.21. The SMILES string of the molecule is CC1=CC2C(=O)N(c3ccc(Br)cc3)C(=O)C2CC1n1[nH]c(=O)n(Cc2ccccc2)c1=O.